The fraction of sp³-hybridized carbons (Fsp3) is 0.565. The lowest BCUT2D eigenvalue weighted by molar-refractivity contribution is 0.0401. The second kappa shape index (κ2) is 13.0. The molecule has 0 aliphatic carbocycles. The Bertz CT molecular complexity index is 791. The van der Waals surface area contributed by atoms with Crippen LogP contribution in [-0.4, -0.2) is 60.7 Å². The number of rotatable bonds is 15. The summed E-state index contributed by atoms with van der Waals surface area (Å²) in [5.74, 6) is 0.676. The molecule has 31 heavy (non-hydrogen) atoms. The van der Waals surface area contributed by atoms with Crippen molar-refractivity contribution in [3.05, 3.63) is 41.6 Å². The zero-order valence-electron chi connectivity index (χ0n) is 19.2. The minimum Gasteiger partial charge on any atom is -0.497 e. The average Bonchev–Trinajstić information content (AvgIpc) is 3.18. The Labute approximate surface area is 185 Å². The van der Waals surface area contributed by atoms with E-state index in [0.717, 1.165) is 43.5 Å². The molecule has 0 spiro atoms. The quantitative estimate of drug-likeness (QED) is 0.343. The number of benzene rings is 1. The number of unbranched alkanes of at least 4 members (excludes halogenated alkanes) is 2. The average molecular weight is 433 g/mol. The lowest BCUT2D eigenvalue weighted by Gasteiger charge is -2.28. The zero-order chi connectivity index (χ0) is 22.6. The van der Waals surface area contributed by atoms with Crippen molar-refractivity contribution in [2.24, 2.45) is 5.73 Å². The second-order valence-electron chi connectivity index (χ2n) is 7.65. The van der Waals surface area contributed by atoms with Crippen molar-refractivity contribution in [3.8, 4) is 11.6 Å². The highest BCUT2D eigenvalue weighted by Crippen LogP contribution is 2.20. The maximum atomic E-state index is 11.9. The van der Waals surface area contributed by atoms with Crippen molar-refractivity contribution in [1.29, 1.82) is 0 Å². The Kier molecular flexibility index (Phi) is 10.3. The maximum Gasteiger partial charge on any atom is 0.255 e. The lowest BCUT2D eigenvalue weighted by atomic mass is 10.1. The van der Waals surface area contributed by atoms with Gasteiger partial charge < -0.3 is 19.9 Å². The van der Waals surface area contributed by atoms with Gasteiger partial charge in [-0.05, 0) is 37.5 Å². The number of methoxy groups -OCH3 is 2. The monoisotopic (exact) mass is 432 g/mol. The number of hydrogen-bond acceptors (Lipinski definition) is 6. The SMILES string of the molecule is CCCCCN(COc1c(C(N)=O)cnn1CCc1ccc(OC)cc1)C(C)COC. The molecule has 172 valence electrons. The molecular formula is C23H36N4O4. The predicted octanol–water partition coefficient (Wildman–Crippen LogP) is 3.10. The van der Waals surface area contributed by atoms with Crippen LogP contribution >= 0.6 is 0 Å². The summed E-state index contributed by atoms with van der Waals surface area (Å²) < 4.78 is 18.3. The molecule has 2 aromatic rings. The summed E-state index contributed by atoms with van der Waals surface area (Å²) in [7, 11) is 3.34. The Balaban J connectivity index is 2.09. The number of ether oxygens (including phenoxy) is 3. The lowest BCUT2D eigenvalue weighted by Crippen LogP contribution is -2.40. The Morgan fingerprint density at radius 3 is 2.58 bits per heavy atom. The molecule has 0 fully saturated rings. The van der Waals surface area contributed by atoms with Crippen LogP contribution in [0.5, 0.6) is 11.6 Å². The molecule has 1 aromatic carbocycles. The van der Waals surface area contributed by atoms with Gasteiger partial charge in [-0.2, -0.15) is 5.10 Å². The van der Waals surface area contributed by atoms with Gasteiger partial charge in [-0.15, -0.1) is 0 Å². The van der Waals surface area contributed by atoms with Gasteiger partial charge >= 0.3 is 0 Å². The molecule has 1 atom stereocenters. The molecule has 8 nitrogen and oxygen atoms in total. The molecule has 2 N–H and O–H groups in total. The van der Waals surface area contributed by atoms with Crippen LogP contribution < -0.4 is 15.2 Å². The van der Waals surface area contributed by atoms with E-state index in [9.17, 15) is 4.79 Å². The van der Waals surface area contributed by atoms with Crippen LogP contribution in [0.25, 0.3) is 0 Å². The molecule has 0 aliphatic rings. The molecule has 0 aliphatic heterocycles. The van der Waals surface area contributed by atoms with Crippen molar-refractivity contribution < 1.29 is 19.0 Å². The van der Waals surface area contributed by atoms with Gasteiger partial charge in [0.1, 0.15) is 18.0 Å². The van der Waals surface area contributed by atoms with E-state index in [-0.39, 0.29) is 6.04 Å². The molecule has 0 saturated heterocycles. The molecule has 0 saturated carbocycles. The molecule has 2 rings (SSSR count). The Morgan fingerprint density at radius 2 is 1.97 bits per heavy atom. The topological polar surface area (TPSA) is 91.8 Å². The van der Waals surface area contributed by atoms with Crippen molar-refractivity contribution >= 4 is 5.91 Å². The first kappa shape index (κ1) is 24.7. The fourth-order valence-corrected chi connectivity index (χ4v) is 3.35. The van der Waals surface area contributed by atoms with Crippen molar-refractivity contribution in [1.82, 2.24) is 14.7 Å². The number of hydrogen-bond donors (Lipinski definition) is 1. The van der Waals surface area contributed by atoms with E-state index in [1.165, 1.54) is 6.20 Å². The van der Waals surface area contributed by atoms with Gasteiger partial charge in [0, 0.05) is 26.2 Å². The molecular weight excluding hydrogens is 396 g/mol. The first-order valence-electron chi connectivity index (χ1n) is 10.8. The van der Waals surface area contributed by atoms with Gasteiger partial charge in [0.05, 0.1) is 19.9 Å². The van der Waals surface area contributed by atoms with Gasteiger partial charge in [0.15, 0.2) is 0 Å². The summed E-state index contributed by atoms with van der Waals surface area (Å²) in [5, 5.41) is 4.34. The number of aryl methyl sites for hydroxylation is 2. The molecule has 1 amide bonds. The zero-order valence-corrected chi connectivity index (χ0v) is 19.2. The number of carbonyl (C=O) groups is 1. The molecule has 0 bridgehead atoms. The van der Waals surface area contributed by atoms with Crippen LogP contribution in [-0.2, 0) is 17.7 Å². The smallest absolute Gasteiger partial charge is 0.255 e. The van der Waals surface area contributed by atoms with Crippen LogP contribution in [0.15, 0.2) is 30.5 Å². The van der Waals surface area contributed by atoms with E-state index < -0.39 is 5.91 Å². The summed E-state index contributed by atoms with van der Waals surface area (Å²) in [6, 6.07) is 8.07. The summed E-state index contributed by atoms with van der Waals surface area (Å²) in [5.41, 5.74) is 6.99. The van der Waals surface area contributed by atoms with Crippen molar-refractivity contribution in [2.45, 2.75) is 52.1 Å². The summed E-state index contributed by atoms with van der Waals surface area (Å²) in [4.78, 5) is 14.1. The van der Waals surface area contributed by atoms with E-state index in [1.807, 2.05) is 24.3 Å². The van der Waals surface area contributed by atoms with Crippen LogP contribution in [0.1, 0.15) is 49.0 Å². The normalized spacial score (nSPS) is 12.2. The third-order valence-corrected chi connectivity index (χ3v) is 5.28. The van der Waals surface area contributed by atoms with Crippen LogP contribution in [0, 0.1) is 0 Å². The maximum absolute atomic E-state index is 11.9. The van der Waals surface area contributed by atoms with Crippen LogP contribution in [0.3, 0.4) is 0 Å². The number of amides is 1. The third kappa shape index (κ3) is 7.56. The number of carbonyl (C=O) groups excluding carboxylic acids is 1. The van der Waals surface area contributed by atoms with Gasteiger partial charge in [0.2, 0.25) is 5.88 Å². The minimum absolute atomic E-state index is 0.189. The standard InChI is InChI=1S/C23H36N4O4/c1-5-6-7-13-26(18(2)16-29-3)17-31-23-21(22(24)28)15-25-27(23)14-12-19-8-10-20(30-4)11-9-19/h8-11,15,18H,5-7,12-14,16-17H2,1-4H3,(H2,24,28). The molecule has 0 radical (unpaired) electrons. The first-order valence-corrected chi connectivity index (χ1v) is 10.8. The number of nitrogens with zero attached hydrogens (tertiary/aromatic N) is 3. The number of aromatic nitrogens is 2. The molecule has 1 unspecified atom stereocenters. The van der Waals surface area contributed by atoms with E-state index in [0.29, 0.717) is 31.3 Å². The van der Waals surface area contributed by atoms with Gasteiger partial charge in [0.25, 0.3) is 5.91 Å². The Morgan fingerprint density at radius 1 is 1.23 bits per heavy atom. The number of nitrogens with two attached hydrogens (primary N) is 1. The van der Waals surface area contributed by atoms with E-state index in [4.69, 9.17) is 19.9 Å². The van der Waals surface area contributed by atoms with Crippen LogP contribution in [0.4, 0.5) is 0 Å². The summed E-state index contributed by atoms with van der Waals surface area (Å²) >= 11 is 0. The molecule has 1 aromatic heterocycles. The first-order chi connectivity index (χ1) is 15.0. The molecule has 1 heterocycles. The third-order valence-electron chi connectivity index (χ3n) is 5.28. The molecule has 8 heteroatoms. The number of primary amides is 1. The highest BCUT2D eigenvalue weighted by atomic mass is 16.5. The van der Waals surface area contributed by atoms with E-state index in [1.54, 1.807) is 18.9 Å². The van der Waals surface area contributed by atoms with Crippen molar-refractivity contribution in [2.75, 3.05) is 34.1 Å². The fourth-order valence-electron chi connectivity index (χ4n) is 3.35. The van der Waals surface area contributed by atoms with Gasteiger partial charge in [-0.3, -0.25) is 9.69 Å². The minimum atomic E-state index is -0.548. The largest absolute Gasteiger partial charge is 0.497 e. The van der Waals surface area contributed by atoms with Crippen LogP contribution in [0.2, 0.25) is 0 Å². The Hall–Kier alpha value is -2.58. The predicted molar refractivity (Wildman–Crippen MR) is 121 cm³/mol. The summed E-state index contributed by atoms with van der Waals surface area (Å²) in [6.07, 6.45) is 5.60. The van der Waals surface area contributed by atoms with E-state index in [2.05, 4.69) is 23.8 Å². The van der Waals surface area contributed by atoms with Gasteiger partial charge in [-0.25, -0.2) is 4.68 Å². The van der Waals surface area contributed by atoms with Gasteiger partial charge in [-0.1, -0.05) is 31.9 Å². The van der Waals surface area contributed by atoms with E-state index >= 15 is 0 Å². The van der Waals surface area contributed by atoms with Crippen molar-refractivity contribution in [3.63, 3.8) is 0 Å². The highest BCUT2D eigenvalue weighted by Gasteiger charge is 2.20. The second-order valence-corrected chi connectivity index (χ2v) is 7.65. The highest BCUT2D eigenvalue weighted by molar-refractivity contribution is 5.94. The summed E-state index contributed by atoms with van der Waals surface area (Å²) in [6.45, 7) is 6.69.